The molecule has 0 atom stereocenters. The number of nitro groups is 2. The van der Waals surface area contributed by atoms with Crippen LogP contribution in [0.2, 0.25) is 0 Å². The fraction of sp³-hybridized carbons (Fsp3) is 0.0833. The van der Waals surface area contributed by atoms with Crippen molar-refractivity contribution in [3.63, 3.8) is 0 Å². The van der Waals surface area contributed by atoms with E-state index in [2.05, 4.69) is 21.1 Å². The number of rotatable bonds is 10. The van der Waals surface area contributed by atoms with Gasteiger partial charge in [-0.05, 0) is 30.3 Å². The average molecular weight is 488 g/mol. The average Bonchev–Trinajstić information content (AvgIpc) is 2.85. The van der Waals surface area contributed by atoms with E-state index in [0.717, 1.165) is 19.9 Å². The molecule has 0 aromatic heterocycles. The molecule has 182 valence electrons. The van der Waals surface area contributed by atoms with Crippen LogP contribution < -0.4 is 10.9 Å². The van der Waals surface area contributed by atoms with E-state index in [4.69, 9.17) is 0 Å². The first kappa shape index (κ1) is 25.4. The van der Waals surface area contributed by atoms with Crippen LogP contribution >= 0.6 is 0 Å². The molecule has 0 bridgehead atoms. The highest BCUT2D eigenvalue weighted by Crippen LogP contribution is 2.31. The lowest BCUT2D eigenvalue weighted by atomic mass is 9.96. The van der Waals surface area contributed by atoms with Gasteiger partial charge in [-0.2, -0.15) is 10.2 Å². The van der Waals surface area contributed by atoms with E-state index in [9.17, 15) is 29.8 Å². The molecule has 12 heteroatoms. The third-order valence-electron chi connectivity index (χ3n) is 4.83. The smallest absolute Gasteiger partial charge is 0.285 e. The van der Waals surface area contributed by atoms with Crippen molar-refractivity contribution in [2.75, 3.05) is 10.9 Å². The van der Waals surface area contributed by atoms with Gasteiger partial charge in [0.2, 0.25) is 0 Å². The van der Waals surface area contributed by atoms with Gasteiger partial charge in [-0.1, -0.05) is 36.4 Å². The van der Waals surface area contributed by atoms with Crippen molar-refractivity contribution in [1.82, 2.24) is 0 Å². The van der Waals surface area contributed by atoms with Crippen molar-refractivity contribution >= 4 is 45.7 Å². The van der Waals surface area contributed by atoms with Gasteiger partial charge in [-0.25, -0.2) is 0 Å². The minimum atomic E-state index is -0.861. The summed E-state index contributed by atoms with van der Waals surface area (Å²) >= 11 is 0. The number of para-hydroxylation sites is 2. The predicted molar refractivity (Wildman–Crippen MR) is 134 cm³/mol. The Morgan fingerprint density at radius 3 is 1.33 bits per heavy atom. The Labute approximate surface area is 204 Å². The molecule has 0 heterocycles. The summed E-state index contributed by atoms with van der Waals surface area (Å²) in [6.45, 7) is 2.29. The molecule has 0 radical (unpaired) electrons. The number of hydrazone groups is 2. The molecular formula is C24H20N6O6. The molecule has 0 unspecified atom stereocenters. The number of nitrogens with zero attached hydrogens (tertiary/aromatic N) is 4. The summed E-state index contributed by atoms with van der Waals surface area (Å²) in [6, 6.07) is 18.7. The highest BCUT2D eigenvalue weighted by molar-refractivity contribution is 6.49. The van der Waals surface area contributed by atoms with Crippen LogP contribution in [0, 0.1) is 20.2 Å². The second-order valence-electron chi connectivity index (χ2n) is 7.39. The number of hydrogen-bond acceptors (Lipinski definition) is 10. The quantitative estimate of drug-likeness (QED) is 0.241. The van der Waals surface area contributed by atoms with E-state index < -0.39 is 32.8 Å². The molecule has 2 N–H and O–H groups in total. The van der Waals surface area contributed by atoms with Gasteiger partial charge in [0.1, 0.15) is 11.4 Å². The number of hydrogen-bond donors (Lipinski definition) is 2. The summed E-state index contributed by atoms with van der Waals surface area (Å²) in [7, 11) is 0. The van der Waals surface area contributed by atoms with E-state index in [1.54, 1.807) is 60.7 Å². The van der Waals surface area contributed by atoms with Gasteiger partial charge >= 0.3 is 0 Å². The monoisotopic (exact) mass is 488 g/mol. The largest absolute Gasteiger partial charge is 0.293 e. The Balaban J connectivity index is 2.23. The van der Waals surface area contributed by atoms with Gasteiger partial charge in [0.05, 0.1) is 38.4 Å². The minimum Gasteiger partial charge on any atom is -0.293 e. The zero-order chi connectivity index (χ0) is 26.2. The highest BCUT2D eigenvalue weighted by Gasteiger charge is 2.31. The molecule has 0 saturated carbocycles. The van der Waals surface area contributed by atoms with E-state index in [0.29, 0.717) is 17.4 Å². The van der Waals surface area contributed by atoms with Crippen molar-refractivity contribution in [3.8, 4) is 0 Å². The van der Waals surface area contributed by atoms with Crippen LogP contribution in [0.25, 0.3) is 0 Å². The van der Waals surface area contributed by atoms with Crippen molar-refractivity contribution in [2.45, 2.75) is 13.8 Å². The number of anilines is 2. The van der Waals surface area contributed by atoms with Gasteiger partial charge in [0.15, 0.2) is 11.6 Å². The Morgan fingerprint density at radius 1 is 0.667 bits per heavy atom. The van der Waals surface area contributed by atoms with Gasteiger partial charge in [-0.15, -0.1) is 0 Å². The fourth-order valence-electron chi connectivity index (χ4n) is 3.18. The Hall–Kier alpha value is -5.26. The normalized spacial score (nSPS) is 11.5. The van der Waals surface area contributed by atoms with Crippen LogP contribution in [-0.4, -0.2) is 32.8 Å². The number of ketones is 2. The van der Waals surface area contributed by atoms with E-state index >= 15 is 0 Å². The molecule has 3 rings (SSSR count). The lowest BCUT2D eigenvalue weighted by Crippen LogP contribution is -2.20. The summed E-state index contributed by atoms with van der Waals surface area (Å²) in [6.07, 6.45) is 0. The third-order valence-corrected chi connectivity index (χ3v) is 4.83. The van der Waals surface area contributed by atoms with Crippen molar-refractivity contribution in [2.24, 2.45) is 10.2 Å². The molecule has 3 aromatic carbocycles. The maximum Gasteiger partial charge on any atom is 0.285 e. The van der Waals surface area contributed by atoms with Crippen LogP contribution in [0.15, 0.2) is 83.0 Å². The molecule has 12 nitrogen and oxygen atoms in total. The van der Waals surface area contributed by atoms with Crippen LogP contribution in [0.1, 0.15) is 25.0 Å². The summed E-state index contributed by atoms with van der Waals surface area (Å²) in [5.41, 5.74) is 3.49. The lowest BCUT2D eigenvalue weighted by molar-refractivity contribution is -0.394. The number of benzene rings is 3. The second-order valence-corrected chi connectivity index (χ2v) is 7.39. The number of carbonyl (C=O) groups excluding carboxylic acids is 2. The first-order valence-electron chi connectivity index (χ1n) is 10.5. The number of carbonyl (C=O) groups is 2. The zero-order valence-electron chi connectivity index (χ0n) is 19.2. The second kappa shape index (κ2) is 11.2. The van der Waals surface area contributed by atoms with Gasteiger partial charge in [0.25, 0.3) is 11.4 Å². The molecular weight excluding hydrogens is 468 g/mol. The van der Waals surface area contributed by atoms with Gasteiger partial charge in [0, 0.05) is 13.8 Å². The van der Waals surface area contributed by atoms with Crippen LogP contribution in [0.5, 0.6) is 0 Å². The summed E-state index contributed by atoms with van der Waals surface area (Å²) in [5.74, 6) is -1.30. The van der Waals surface area contributed by atoms with E-state index in [1.165, 1.54) is 0 Å². The molecule has 0 fully saturated rings. The molecule has 0 amide bonds. The Bertz CT molecular complexity index is 1280. The first-order valence-corrected chi connectivity index (χ1v) is 10.5. The molecule has 0 spiro atoms. The summed E-state index contributed by atoms with van der Waals surface area (Å²) in [5, 5.41) is 31.7. The Kier molecular flexibility index (Phi) is 7.92. The molecule has 0 aliphatic rings. The van der Waals surface area contributed by atoms with Crippen LogP contribution in [0.4, 0.5) is 22.7 Å². The molecule has 36 heavy (non-hydrogen) atoms. The highest BCUT2D eigenvalue weighted by atomic mass is 16.6. The van der Waals surface area contributed by atoms with Crippen molar-refractivity contribution in [3.05, 3.63) is 104 Å². The number of nitro benzene ring substituents is 2. The minimum absolute atomic E-state index is 0.315. The molecule has 3 aromatic rings. The molecule has 0 aliphatic carbocycles. The molecule has 0 aliphatic heterocycles. The zero-order valence-corrected chi connectivity index (χ0v) is 19.2. The summed E-state index contributed by atoms with van der Waals surface area (Å²) in [4.78, 5) is 46.8. The molecule has 0 saturated heterocycles. The Morgan fingerprint density at radius 2 is 1.03 bits per heavy atom. The van der Waals surface area contributed by atoms with Gasteiger partial charge < -0.3 is 0 Å². The van der Waals surface area contributed by atoms with Crippen LogP contribution in [0.3, 0.4) is 0 Å². The van der Waals surface area contributed by atoms with Crippen LogP contribution in [-0.2, 0) is 9.59 Å². The number of Topliss-reactive ketones (excluding diaryl/α,β-unsaturated/α-hetero) is 2. The maximum absolute atomic E-state index is 12.4. The predicted octanol–water partition coefficient (Wildman–Crippen LogP) is 4.31. The maximum atomic E-state index is 12.4. The van der Waals surface area contributed by atoms with Gasteiger partial charge in [-0.3, -0.25) is 40.7 Å². The SMILES string of the molecule is CC(=O)/C(=N/Nc1ccccc1)c1cc(/C(=N\Nc2ccccc2)C(C)=O)c([N+](=O)[O-])cc1[N+](=O)[O-]. The lowest BCUT2D eigenvalue weighted by Gasteiger charge is -2.10. The first-order chi connectivity index (χ1) is 17.2. The van der Waals surface area contributed by atoms with Crippen molar-refractivity contribution in [1.29, 1.82) is 0 Å². The fourth-order valence-corrected chi connectivity index (χ4v) is 3.18. The third kappa shape index (κ3) is 5.99. The summed E-state index contributed by atoms with van der Waals surface area (Å²) < 4.78 is 0. The van der Waals surface area contributed by atoms with E-state index in [1.807, 2.05) is 0 Å². The topological polar surface area (TPSA) is 169 Å². The number of nitrogens with one attached hydrogen (secondary N) is 2. The van der Waals surface area contributed by atoms with Crippen molar-refractivity contribution < 1.29 is 19.4 Å². The van der Waals surface area contributed by atoms with E-state index in [-0.39, 0.29) is 22.6 Å². The standard InChI is InChI=1S/C24H20N6O6/c1-15(31)23(27-25-17-9-5-3-6-10-17)19-13-20(22(30(35)36)14-21(19)29(33)34)24(16(2)32)28-26-18-11-7-4-8-12-18/h3-14,25-26H,1-2H3/b27-23-,28-24-.